The molecule has 0 amide bonds. The third-order valence-corrected chi connectivity index (χ3v) is 5.30. The van der Waals surface area contributed by atoms with Gasteiger partial charge < -0.3 is 10.5 Å². The lowest BCUT2D eigenvalue weighted by Crippen LogP contribution is -2.01. The summed E-state index contributed by atoms with van der Waals surface area (Å²) in [5.74, 6) is -0.412. The second-order valence-corrected chi connectivity index (χ2v) is 6.20. The first-order valence-electron chi connectivity index (χ1n) is 5.38. The number of hydrogen-bond donors (Lipinski definition) is 1. The predicted octanol–water partition coefficient (Wildman–Crippen LogP) is 4.51. The summed E-state index contributed by atoms with van der Waals surface area (Å²) in [6, 6.07) is 5.60. The number of anilines is 1. The lowest BCUT2D eigenvalue weighted by atomic mass is 10.1. The van der Waals surface area contributed by atoms with E-state index in [1.165, 1.54) is 18.4 Å². The standard InChI is InChI=1S/C13H11BrClNO2S/c1-6-10(16)12(13(17)18-2)19-11(6)7-3-4-9(15)8(14)5-7/h3-5H,16H2,1-2H3. The average molecular weight is 361 g/mol. The molecule has 3 nitrogen and oxygen atoms in total. The second kappa shape index (κ2) is 5.53. The fraction of sp³-hybridized carbons (Fsp3) is 0.154. The molecule has 2 rings (SSSR count). The highest BCUT2D eigenvalue weighted by molar-refractivity contribution is 9.10. The maximum atomic E-state index is 11.6. The van der Waals surface area contributed by atoms with Crippen LogP contribution in [-0.4, -0.2) is 13.1 Å². The largest absolute Gasteiger partial charge is 0.465 e. The minimum Gasteiger partial charge on any atom is -0.465 e. The summed E-state index contributed by atoms with van der Waals surface area (Å²) < 4.78 is 5.53. The van der Waals surface area contributed by atoms with E-state index in [9.17, 15) is 4.79 Å². The van der Waals surface area contributed by atoms with Crippen LogP contribution in [0.1, 0.15) is 15.2 Å². The van der Waals surface area contributed by atoms with Gasteiger partial charge in [-0.1, -0.05) is 17.7 Å². The average Bonchev–Trinajstić information content (AvgIpc) is 2.69. The monoisotopic (exact) mass is 359 g/mol. The smallest absolute Gasteiger partial charge is 0.350 e. The molecule has 2 N–H and O–H groups in total. The molecule has 0 radical (unpaired) electrons. The number of carbonyl (C=O) groups is 1. The zero-order chi connectivity index (χ0) is 14.2. The summed E-state index contributed by atoms with van der Waals surface area (Å²) in [5.41, 5.74) is 8.26. The molecule has 19 heavy (non-hydrogen) atoms. The number of nitrogens with two attached hydrogens (primary N) is 1. The van der Waals surface area contributed by atoms with Crippen molar-refractivity contribution in [1.29, 1.82) is 0 Å². The Morgan fingerprint density at radius 2 is 2.16 bits per heavy atom. The first kappa shape index (κ1) is 14.4. The number of carbonyl (C=O) groups excluding carboxylic acids is 1. The number of esters is 1. The lowest BCUT2D eigenvalue weighted by molar-refractivity contribution is 0.0607. The summed E-state index contributed by atoms with van der Waals surface area (Å²) in [6.45, 7) is 1.89. The first-order chi connectivity index (χ1) is 8.95. The molecule has 0 bridgehead atoms. The summed E-state index contributed by atoms with van der Waals surface area (Å²) in [4.78, 5) is 13.0. The minimum absolute atomic E-state index is 0.412. The molecule has 0 aliphatic rings. The molecular formula is C13H11BrClNO2S. The highest BCUT2D eigenvalue weighted by Gasteiger charge is 2.20. The molecule has 0 unspecified atom stereocenters. The number of ether oxygens (including phenoxy) is 1. The van der Waals surface area contributed by atoms with Crippen molar-refractivity contribution in [2.75, 3.05) is 12.8 Å². The van der Waals surface area contributed by atoms with Gasteiger partial charge in [0.05, 0.1) is 17.8 Å². The van der Waals surface area contributed by atoms with Crippen molar-refractivity contribution >= 4 is 50.5 Å². The normalized spacial score (nSPS) is 10.5. The van der Waals surface area contributed by atoms with Crippen LogP contribution in [0.2, 0.25) is 5.02 Å². The fourth-order valence-electron chi connectivity index (χ4n) is 1.68. The molecule has 0 aliphatic carbocycles. The number of rotatable bonds is 2. The van der Waals surface area contributed by atoms with Crippen molar-refractivity contribution < 1.29 is 9.53 Å². The Hall–Kier alpha value is -1.04. The van der Waals surface area contributed by atoms with Crippen LogP contribution in [0.15, 0.2) is 22.7 Å². The molecule has 1 aromatic carbocycles. The van der Waals surface area contributed by atoms with E-state index in [0.29, 0.717) is 15.6 Å². The zero-order valence-corrected chi connectivity index (χ0v) is 13.4. The third kappa shape index (κ3) is 2.63. The van der Waals surface area contributed by atoms with Crippen LogP contribution >= 0.6 is 38.9 Å². The van der Waals surface area contributed by atoms with Gasteiger partial charge in [-0.15, -0.1) is 11.3 Å². The van der Waals surface area contributed by atoms with Crippen molar-refractivity contribution in [2.45, 2.75) is 6.92 Å². The quantitative estimate of drug-likeness (QED) is 0.802. The number of hydrogen-bond acceptors (Lipinski definition) is 4. The van der Waals surface area contributed by atoms with E-state index >= 15 is 0 Å². The van der Waals surface area contributed by atoms with Crippen LogP contribution in [0, 0.1) is 6.92 Å². The van der Waals surface area contributed by atoms with Gasteiger partial charge in [0.15, 0.2) is 0 Å². The number of nitrogen functional groups attached to an aromatic ring is 1. The van der Waals surface area contributed by atoms with Gasteiger partial charge >= 0.3 is 5.97 Å². The van der Waals surface area contributed by atoms with Crippen molar-refractivity contribution in [3.63, 3.8) is 0 Å². The molecule has 0 fully saturated rings. The van der Waals surface area contributed by atoms with Crippen molar-refractivity contribution in [1.82, 2.24) is 0 Å². The van der Waals surface area contributed by atoms with E-state index < -0.39 is 5.97 Å². The second-order valence-electron chi connectivity index (χ2n) is 3.92. The summed E-state index contributed by atoms with van der Waals surface area (Å²) in [6.07, 6.45) is 0. The Balaban J connectivity index is 2.57. The molecule has 2 aromatic rings. The molecule has 0 saturated heterocycles. The van der Waals surface area contributed by atoms with Crippen LogP contribution < -0.4 is 5.73 Å². The molecule has 1 aromatic heterocycles. The Morgan fingerprint density at radius 3 is 2.74 bits per heavy atom. The van der Waals surface area contributed by atoms with E-state index in [0.717, 1.165) is 20.5 Å². The maximum Gasteiger partial charge on any atom is 0.350 e. The van der Waals surface area contributed by atoms with Crippen LogP contribution in [0.5, 0.6) is 0 Å². The van der Waals surface area contributed by atoms with Gasteiger partial charge in [-0.25, -0.2) is 4.79 Å². The highest BCUT2D eigenvalue weighted by Crippen LogP contribution is 2.40. The Labute approximate surface area is 128 Å². The minimum atomic E-state index is -0.412. The van der Waals surface area contributed by atoms with Crippen LogP contribution in [0.25, 0.3) is 10.4 Å². The number of benzene rings is 1. The summed E-state index contributed by atoms with van der Waals surface area (Å²) >= 11 is 10.7. The van der Waals surface area contributed by atoms with Gasteiger partial charge in [-0.3, -0.25) is 0 Å². The van der Waals surface area contributed by atoms with Crippen LogP contribution in [0.3, 0.4) is 0 Å². The van der Waals surface area contributed by atoms with E-state index in [2.05, 4.69) is 15.9 Å². The molecule has 0 aliphatic heterocycles. The zero-order valence-electron chi connectivity index (χ0n) is 10.3. The molecular weight excluding hydrogens is 350 g/mol. The maximum absolute atomic E-state index is 11.6. The lowest BCUT2D eigenvalue weighted by Gasteiger charge is -2.02. The topological polar surface area (TPSA) is 52.3 Å². The van der Waals surface area contributed by atoms with Crippen molar-refractivity contribution in [2.24, 2.45) is 0 Å². The van der Waals surface area contributed by atoms with E-state index in [1.807, 2.05) is 19.1 Å². The Bertz CT molecular complexity index is 654. The van der Waals surface area contributed by atoms with Gasteiger partial charge in [0.1, 0.15) is 4.88 Å². The van der Waals surface area contributed by atoms with E-state index in [1.54, 1.807) is 6.07 Å². The first-order valence-corrected chi connectivity index (χ1v) is 7.37. The van der Waals surface area contributed by atoms with E-state index in [-0.39, 0.29) is 0 Å². The van der Waals surface area contributed by atoms with Crippen LogP contribution in [-0.2, 0) is 4.74 Å². The molecule has 100 valence electrons. The SMILES string of the molecule is COC(=O)c1sc(-c2ccc(Cl)c(Br)c2)c(C)c1N. The van der Waals surface area contributed by atoms with Gasteiger partial charge in [0, 0.05) is 9.35 Å². The summed E-state index contributed by atoms with van der Waals surface area (Å²) in [7, 11) is 1.34. The third-order valence-electron chi connectivity index (χ3n) is 2.75. The van der Waals surface area contributed by atoms with Crippen molar-refractivity contribution in [3.05, 3.63) is 38.1 Å². The number of thiophene rings is 1. The molecule has 6 heteroatoms. The number of halogens is 2. The number of methoxy groups -OCH3 is 1. The summed E-state index contributed by atoms with van der Waals surface area (Å²) in [5, 5.41) is 0.638. The Kier molecular flexibility index (Phi) is 4.18. The molecule has 0 spiro atoms. The van der Waals surface area contributed by atoms with Crippen molar-refractivity contribution in [3.8, 4) is 10.4 Å². The van der Waals surface area contributed by atoms with E-state index in [4.69, 9.17) is 22.1 Å². The van der Waals surface area contributed by atoms with Gasteiger partial charge in [0.2, 0.25) is 0 Å². The predicted molar refractivity (Wildman–Crippen MR) is 83.0 cm³/mol. The molecule has 0 atom stereocenters. The van der Waals surface area contributed by atoms with Gasteiger partial charge in [-0.05, 0) is 46.1 Å². The Morgan fingerprint density at radius 1 is 1.47 bits per heavy atom. The fourth-order valence-corrected chi connectivity index (χ4v) is 3.32. The molecule has 1 heterocycles. The highest BCUT2D eigenvalue weighted by atomic mass is 79.9. The van der Waals surface area contributed by atoms with Gasteiger partial charge in [0.25, 0.3) is 0 Å². The van der Waals surface area contributed by atoms with Crippen LogP contribution in [0.4, 0.5) is 5.69 Å². The van der Waals surface area contributed by atoms with Gasteiger partial charge in [-0.2, -0.15) is 0 Å². The molecule has 0 saturated carbocycles.